The average molecular weight is 1190 g/mol. The topological polar surface area (TPSA) is 140 Å². The van der Waals surface area contributed by atoms with Crippen molar-refractivity contribution in [2.24, 2.45) is 10.2 Å². The molecule has 4 aliphatic rings. The van der Waals surface area contributed by atoms with Gasteiger partial charge in [-0.25, -0.2) is 34.2 Å². The second kappa shape index (κ2) is 25.6. The largest absolute Gasteiger partial charge is 0.295 e. The number of unbranched alkanes of at least 4 members (excludes halogenated alkanes) is 3. The van der Waals surface area contributed by atoms with Crippen LogP contribution in [0.25, 0.3) is 0 Å². The smallest absolute Gasteiger partial charge is 0.266 e. The van der Waals surface area contributed by atoms with Crippen molar-refractivity contribution in [3.8, 4) is 0 Å². The number of nitrogens with zero attached hydrogens (tertiary/aromatic N) is 6. The number of fused-ring (bicyclic) bond motifs is 2. The Balaban J connectivity index is 0.000000174. The van der Waals surface area contributed by atoms with E-state index in [1.165, 1.54) is 70.7 Å². The van der Waals surface area contributed by atoms with Crippen molar-refractivity contribution in [1.29, 1.82) is 0 Å². The quantitative estimate of drug-likeness (QED) is 0.104. The van der Waals surface area contributed by atoms with Gasteiger partial charge in [-0.3, -0.25) is 19.6 Å². The zero-order valence-electron chi connectivity index (χ0n) is 48.2. The van der Waals surface area contributed by atoms with Crippen LogP contribution in [-0.4, -0.2) is 60.8 Å². The molecule has 8 aromatic rings. The van der Waals surface area contributed by atoms with Crippen molar-refractivity contribution in [3.63, 3.8) is 0 Å². The van der Waals surface area contributed by atoms with E-state index in [0.29, 0.717) is 33.6 Å². The SMILES string of the molecule is CCCCCC.Cc1ccc(S(=O)(=O)N2C(c3ccccc3)=NN(c3ccccc3)[C@@H]3CC(=O)C=C[C@@]32c2ccc(F)cc2)cc1.Cc1ccc(S(=O)(=O)N2C(c3ccccc3)=NN(c3ccccc3)[C@H]3CC(=O)C=C[C@]32c2ccc(F)cc2)cc1. The summed E-state index contributed by atoms with van der Waals surface area (Å²) in [4.78, 5) is 26.1. The number of carbonyl (C=O) groups excluding carboxylic acids is 2. The van der Waals surface area contributed by atoms with Gasteiger partial charge in [0.1, 0.15) is 22.7 Å². The number of rotatable bonds is 13. The third kappa shape index (κ3) is 11.8. The Labute approximate surface area is 502 Å². The Bertz CT molecular complexity index is 3780. The van der Waals surface area contributed by atoms with Crippen LogP contribution in [0.3, 0.4) is 0 Å². The number of hydrazone groups is 2. The maximum atomic E-state index is 14.7. The van der Waals surface area contributed by atoms with Gasteiger partial charge in [0.15, 0.2) is 23.2 Å². The summed E-state index contributed by atoms with van der Waals surface area (Å²) in [5.41, 5.74) is 2.53. The molecular weight excluding hydrogens is 1120 g/mol. The first-order chi connectivity index (χ1) is 41.5. The molecule has 0 saturated heterocycles. The van der Waals surface area contributed by atoms with Crippen LogP contribution in [-0.2, 0) is 40.7 Å². The zero-order valence-corrected chi connectivity index (χ0v) is 49.8. The van der Waals surface area contributed by atoms with Crippen molar-refractivity contribution in [3.05, 3.63) is 288 Å². The average Bonchev–Trinajstić information content (AvgIpc) is 0.730. The Morgan fingerprint density at radius 1 is 0.442 bits per heavy atom. The van der Waals surface area contributed by atoms with Crippen LogP contribution in [0.1, 0.15) is 85.8 Å². The van der Waals surface area contributed by atoms with E-state index in [1.807, 2.05) is 111 Å². The molecule has 0 fully saturated rings. The lowest BCUT2D eigenvalue weighted by atomic mass is 9.75. The molecule has 12 rings (SSSR count). The van der Waals surface area contributed by atoms with Gasteiger partial charge < -0.3 is 0 Å². The van der Waals surface area contributed by atoms with Crippen molar-refractivity contribution in [2.45, 2.75) is 99.2 Å². The number of amidine groups is 2. The summed E-state index contributed by atoms with van der Waals surface area (Å²) in [5, 5.41) is 13.4. The van der Waals surface area contributed by atoms with Crippen LogP contribution in [0.5, 0.6) is 0 Å². The van der Waals surface area contributed by atoms with Crippen molar-refractivity contribution < 1.29 is 35.2 Å². The van der Waals surface area contributed by atoms with E-state index < -0.39 is 54.8 Å². The molecule has 0 unspecified atom stereocenters. The summed E-state index contributed by atoms with van der Waals surface area (Å²) >= 11 is 0. The molecule has 4 atom stereocenters. The van der Waals surface area contributed by atoms with Crippen LogP contribution in [0.15, 0.2) is 263 Å². The molecule has 0 spiro atoms. The third-order valence-corrected chi connectivity index (χ3v) is 19.3. The predicted octanol–water partition coefficient (Wildman–Crippen LogP) is 14.2. The monoisotopic (exact) mass is 1190 g/mol. The van der Waals surface area contributed by atoms with Gasteiger partial charge >= 0.3 is 0 Å². The highest BCUT2D eigenvalue weighted by Crippen LogP contribution is 2.50. The van der Waals surface area contributed by atoms with Crippen molar-refractivity contribution in [2.75, 3.05) is 10.0 Å². The minimum Gasteiger partial charge on any atom is -0.295 e. The molecular formula is C70H66F2N6O6S2. The molecule has 12 nitrogen and oxygen atoms in total. The minimum absolute atomic E-state index is 0.00570. The summed E-state index contributed by atoms with van der Waals surface area (Å²) in [7, 11) is -8.53. The maximum Gasteiger partial charge on any atom is 0.266 e. The summed E-state index contributed by atoms with van der Waals surface area (Å²) in [5.74, 6) is -0.847. The van der Waals surface area contributed by atoms with E-state index in [1.54, 1.807) is 119 Å². The van der Waals surface area contributed by atoms with Gasteiger partial charge in [-0.1, -0.05) is 196 Å². The number of benzene rings is 8. The Kier molecular flexibility index (Phi) is 17.9. The molecule has 2 heterocycles. The summed E-state index contributed by atoms with van der Waals surface area (Å²) in [6, 6.07) is 60.2. The number of para-hydroxylation sites is 2. The fourth-order valence-corrected chi connectivity index (χ4v) is 14.9. The van der Waals surface area contributed by atoms with E-state index >= 15 is 0 Å². The first-order valence-corrected chi connectivity index (χ1v) is 31.6. The van der Waals surface area contributed by atoms with Crippen LogP contribution in [0.2, 0.25) is 0 Å². The molecule has 8 aromatic carbocycles. The molecule has 0 N–H and O–H groups in total. The first kappa shape index (κ1) is 60.0. The van der Waals surface area contributed by atoms with Gasteiger partial charge in [-0.15, -0.1) is 0 Å². The van der Waals surface area contributed by atoms with Crippen LogP contribution in [0.4, 0.5) is 20.2 Å². The van der Waals surface area contributed by atoms with E-state index in [2.05, 4.69) is 13.8 Å². The summed E-state index contributed by atoms with van der Waals surface area (Å²) < 4.78 is 90.0. The number of sulfonamides is 2. The van der Waals surface area contributed by atoms with Gasteiger partial charge in [-0.05, 0) is 122 Å². The van der Waals surface area contributed by atoms with Crippen LogP contribution < -0.4 is 10.0 Å². The third-order valence-electron chi connectivity index (χ3n) is 15.7. The number of hydrogen-bond donors (Lipinski definition) is 0. The predicted molar refractivity (Wildman–Crippen MR) is 335 cm³/mol. The number of anilines is 2. The lowest BCUT2D eigenvalue weighted by molar-refractivity contribution is -0.116. The summed E-state index contributed by atoms with van der Waals surface area (Å²) in [6.07, 6.45) is 11.6. The van der Waals surface area contributed by atoms with Crippen LogP contribution in [0, 0.1) is 25.5 Å². The van der Waals surface area contributed by atoms with E-state index in [-0.39, 0.29) is 45.9 Å². The Morgan fingerprint density at radius 2 is 0.756 bits per heavy atom. The molecule has 438 valence electrons. The van der Waals surface area contributed by atoms with Gasteiger partial charge in [0.2, 0.25) is 0 Å². The Hall–Kier alpha value is -9.12. The minimum atomic E-state index is -4.27. The molecule has 0 amide bonds. The Morgan fingerprint density at radius 3 is 1.07 bits per heavy atom. The van der Waals surface area contributed by atoms with E-state index in [4.69, 9.17) is 10.2 Å². The van der Waals surface area contributed by atoms with E-state index in [0.717, 1.165) is 11.1 Å². The van der Waals surface area contributed by atoms with Crippen LogP contribution >= 0.6 is 0 Å². The van der Waals surface area contributed by atoms with Gasteiger partial charge in [0, 0.05) is 24.0 Å². The number of hydrogen-bond acceptors (Lipinski definition) is 10. The zero-order chi connectivity index (χ0) is 60.6. The standard InChI is InChI=1S/2C32H26FN3O3S.C6H14/c2*1-23-12-18-29(19-13-23)40(38,39)36-31(24-8-4-2-5-9-24)34-35(27-10-6-3-7-11-27)30-22-28(37)20-21-32(30,36)25-14-16-26(33)17-15-25;1-3-5-6-4-2/h2*2-21,30H,22H2,1H3;3-6H2,1-2H3/t2*30-,32-;/m10./s1. The number of carbonyl (C=O) groups is 2. The molecule has 86 heavy (non-hydrogen) atoms. The molecule has 2 aliphatic heterocycles. The lowest BCUT2D eigenvalue weighted by Crippen LogP contribution is -2.66. The highest BCUT2D eigenvalue weighted by atomic mass is 32.2. The van der Waals surface area contributed by atoms with Gasteiger partial charge in [-0.2, -0.15) is 10.2 Å². The molecule has 0 saturated carbocycles. The first-order valence-electron chi connectivity index (χ1n) is 28.7. The maximum absolute atomic E-state index is 14.7. The molecule has 16 heteroatoms. The fraction of sp³-hybridized carbons (Fsp3) is 0.200. The lowest BCUT2D eigenvalue weighted by Gasteiger charge is -2.54. The van der Waals surface area contributed by atoms with Gasteiger partial charge in [0.25, 0.3) is 20.0 Å². The second-order valence-electron chi connectivity index (χ2n) is 21.5. The number of halogens is 2. The number of allylic oxidation sites excluding steroid dienone is 2. The molecule has 0 radical (unpaired) electrons. The summed E-state index contributed by atoms with van der Waals surface area (Å²) in [6.45, 7) is 8.24. The van der Waals surface area contributed by atoms with Gasteiger partial charge in [0.05, 0.1) is 33.2 Å². The fourth-order valence-electron chi connectivity index (χ4n) is 11.4. The molecule has 2 aliphatic carbocycles. The number of ketones is 2. The highest BCUT2D eigenvalue weighted by Gasteiger charge is 2.59. The van der Waals surface area contributed by atoms with Crippen molar-refractivity contribution >= 4 is 54.7 Å². The van der Waals surface area contributed by atoms with Crippen molar-refractivity contribution in [1.82, 2.24) is 8.61 Å². The molecule has 0 aromatic heterocycles. The highest BCUT2D eigenvalue weighted by molar-refractivity contribution is 7.90. The van der Waals surface area contributed by atoms with E-state index in [9.17, 15) is 35.2 Å². The second-order valence-corrected chi connectivity index (χ2v) is 25.1. The number of aryl methyl sites for hydroxylation is 2. The molecule has 0 bridgehead atoms. The normalized spacial score (nSPS) is 19.9.